The molecule has 8 heteroatoms. The highest BCUT2D eigenvalue weighted by Gasteiger charge is 2.17. The molecule has 2 amide bonds. The van der Waals surface area contributed by atoms with E-state index in [-0.39, 0.29) is 11.8 Å². The summed E-state index contributed by atoms with van der Waals surface area (Å²) in [6, 6.07) is 18.3. The van der Waals surface area contributed by atoms with Gasteiger partial charge in [0.1, 0.15) is 11.6 Å². The average molecular weight is 463 g/mol. The first-order valence-corrected chi connectivity index (χ1v) is 11.9. The molecule has 1 aromatic heterocycles. The number of thioether (sulfide) groups is 1. The van der Waals surface area contributed by atoms with Crippen LogP contribution < -0.4 is 15.4 Å². The molecule has 3 aromatic rings. The van der Waals surface area contributed by atoms with Gasteiger partial charge in [-0.05, 0) is 42.0 Å². The first-order chi connectivity index (χ1) is 16.1. The van der Waals surface area contributed by atoms with Gasteiger partial charge in [-0.1, -0.05) is 24.3 Å². The molecular weight excluding hydrogens is 436 g/mol. The Hall–Kier alpha value is -3.52. The van der Waals surface area contributed by atoms with Crippen molar-refractivity contribution in [1.29, 1.82) is 0 Å². The molecule has 2 N–H and O–H groups in total. The van der Waals surface area contributed by atoms with E-state index in [1.165, 1.54) is 0 Å². The standard InChI is InChI=1S/C25H26N4O3S/c1-32-22-7-3-2-6-21(22)28-24-20(5-4-12-26-24)25(31)27-19-10-8-18(9-11-19)17-23(30)29-13-15-33-16-14-29/h2-12H,13-17H2,1H3,(H,26,28)(H,27,31). The molecule has 33 heavy (non-hydrogen) atoms. The molecule has 1 aliphatic heterocycles. The van der Waals surface area contributed by atoms with Crippen LogP contribution in [-0.2, 0) is 11.2 Å². The zero-order valence-electron chi connectivity index (χ0n) is 18.4. The largest absolute Gasteiger partial charge is 0.495 e. The lowest BCUT2D eigenvalue weighted by atomic mass is 10.1. The van der Waals surface area contributed by atoms with E-state index in [9.17, 15) is 9.59 Å². The molecule has 7 nitrogen and oxygen atoms in total. The van der Waals surface area contributed by atoms with Gasteiger partial charge in [-0.2, -0.15) is 11.8 Å². The number of para-hydroxylation sites is 2. The SMILES string of the molecule is COc1ccccc1Nc1ncccc1C(=O)Nc1ccc(CC(=O)N2CCSCC2)cc1. The second-order valence-electron chi connectivity index (χ2n) is 7.55. The molecule has 0 radical (unpaired) electrons. The maximum absolute atomic E-state index is 13.0. The van der Waals surface area contributed by atoms with E-state index in [0.29, 0.717) is 34.9 Å². The van der Waals surface area contributed by atoms with Gasteiger partial charge in [-0.3, -0.25) is 9.59 Å². The maximum Gasteiger partial charge on any atom is 0.259 e. The van der Waals surface area contributed by atoms with Crippen molar-refractivity contribution in [2.24, 2.45) is 0 Å². The van der Waals surface area contributed by atoms with Gasteiger partial charge in [0.2, 0.25) is 5.91 Å². The fraction of sp³-hybridized carbons (Fsp3) is 0.240. The van der Waals surface area contributed by atoms with E-state index in [4.69, 9.17) is 4.74 Å². The predicted molar refractivity (Wildman–Crippen MR) is 133 cm³/mol. The summed E-state index contributed by atoms with van der Waals surface area (Å²) < 4.78 is 5.37. The summed E-state index contributed by atoms with van der Waals surface area (Å²) in [5.74, 6) is 2.95. The Bertz CT molecular complexity index is 1110. The quantitative estimate of drug-likeness (QED) is 0.548. The third kappa shape index (κ3) is 5.84. The number of rotatable bonds is 7. The van der Waals surface area contributed by atoms with Crippen LogP contribution in [0.2, 0.25) is 0 Å². The first-order valence-electron chi connectivity index (χ1n) is 10.7. The lowest BCUT2D eigenvalue weighted by Crippen LogP contribution is -2.38. The van der Waals surface area contributed by atoms with Gasteiger partial charge in [0, 0.05) is 36.5 Å². The van der Waals surface area contributed by atoms with Crippen molar-refractivity contribution < 1.29 is 14.3 Å². The first kappa shape index (κ1) is 22.7. The number of aromatic nitrogens is 1. The van der Waals surface area contributed by atoms with Gasteiger partial charge < -0.3 is 20.3 Å². The summed E-state index contributed by atoms with van der Waals surface area (Å²) in [7, 11) is 1.59. The smallest absolute Gasteiger partial charge is 0.259 e. The summed E-state index contributed by atoms with van der Waals surface area (Å²) in [5.41, 5.74) is 2.70. The van der Waals surface area contributed by atoms with Crippen LogP contribution in [0.4, 0.5) is 17.2 Å². The van der Waals surface area contributed by atoms with Crippen molar-refractivity contribution in [3.8, 4) is 5.75 Å². The molecule has 1 aliphatic rings. The highest BCUT2D eigenvalue weighted by Crippen LogP contribution is 2.28. The summed E-state index contributed by atoms with van der Waals surface area (Å²) >= 11 is 1.88. The van der Waals surface area contributed by atoms with Crippen LogP contribution in [0.5, 0.6) is 5.75 Å². The summed E-state index contributed by atoms with van der Waals surface area (Å²) in [4.78, 5) is 31.7. The van der Waals surface area contributed by atoms with E-state index < -0.39 is 0 Å². The Balaban J connectivity index is 1.42. The van der Waals surface area contributed by atoms with Crippen LogP contribution in [0.3, 0.4) is 0 Å². The molecule has 2 aromatic carbocycles. The molecule has 1 saturated heterocycles. The molecule has 0 aliphatic carbocycles. The Morgan fingerprint density at radius 2 is 1.79 bits per heavy atom. The molecule has 0 saturated carbocycles. The lowest BCUT2D eigenvalue weighted by Gasteiger charge is -2.26. The van der Waals surface area contributed by atoms with Crippen LogP contribution in [0, 0.1) is 0 Å². The van der Waals surface area contributed by atoms with Crippen molar-refractivity contribution in [3.63, 3.8) is 0 Å². The number of nitrogens with zero attached hydrogens (tertiary/aromatic N) is 2. The molecule has 0 unspecified atom stereocenters. The number of anilines is 3. The molecule has 4 rings (SSSR count). The fourth-order valence-corrected chi connectivity index (χ4v) is 4.47. The van der Waals surface area contributed by atoms with Crippen LogP contribution >= 0.6 is 11.8 Å². The van der Waals surface area contributed by atoms with Gasteiger partial charge >= 0.3 is 0 Å². The van der Waals surface area contributed by atoms with Crippen LogP contribution in [0.25, 0.3) is 0 Å². The minimum atomic E-state index is -0.282. The zero-order valence-corrected chi connectivity index (χ0v) is 19.2. The van der Waals surface area contributed by atoms with Crippen LogP contribution in [-0.4, -0.2) is 53.4 Å². The minimum Gasteiger partial charge on any atom is -0.495 e. The molecule has 0 spiro atoms. The van der Waals surface area contributed by atoms with Crippen molar-refractivity contribution in [3.05, 3.63) is 78.0 Å². The molecular formula is C25H26N4O3S. The number of ether oxygens (including phenoxy) is 1. The number of hydrogen-bond acceptors (Lipinski definition) is 6. The number of nitrogens with one attached hydrogen (secondary N) is 2. The predicted octanol–water partition coefficient (Wildman–Crippen LogP) is 4.20. The molecule has 1 fully saturated rings. The third-order valence-electron chi connectivity index (χ3n) is 5.34. The van der Waals surface area contributed by atoms with Crippen molar-refractivity contribution >= 4 is 40.8 Å². The van der Waals surface area contributed by atoms with E-state index in [0.717, 1.165) is 30.2 Å². The minimum absolute atomic E-state index is 0.148. The molecule has 170 valence electrons. The Labute approximate surface area is 197 Å². The highest BCUT2D eigenvalue weighted by molar-refractivity contribution is 7.99. The van der Waals surface area contributed by atoms with E-state index in [1.807, 2.05) is 65.2 Å². The zero-order chi connectivity index (χ0) is 23.0. The number of carbonyl (C=O) groups is 2. The monoisotopic (exact) mass is 462 g/mol. The number of benzene rings is 2. The lowest BCUT2D eigenvalue weighted by molar-refractivity contribution is -0.130. The van der Waals surface area contributed by atoms with Gasteiger partial charge in [-0.15, -0.1) is 0 Å². The number of pyridine rings is 1. The second-order valence-corrected chi connectivity index (χ2v) is 8.77. The molecule has 0 atom stereocenters. The number of methoxy groups -OCH3 is 1. The van der Waals surface area contributed by atoms with Crippen molar-refractivity contribution in [2.45, 2.75) is 6.42 Å². The number of amides is 2. The maximum atomic E-state index is 13.0. The number of carbonyl (C=O) groups excluding carboxylic acids is 2. The van der Waals surface area contributed by atoms with E-state index in [1.54, 1.807) is 25.4 Å². The normalized spacial score (nSPS) is 13.3. The second kappa shape index (κ2) is 10.9. The van der Waals surface area contributed by atoms with E-state index >= 15 is 0 Å². The fourth-order valence-electron chi connectivity index (χ4n) is 3.57. The van der Waals surface area contributed by atoms with Gasteiger partial charge in [0.15, 0.2) is 0 Å². The van der Waals surface area contributed by atoms with Gasteiger partial charge in [-0.25, -0.2) is 4.98 Å². The van der Waals surface area contributed by atoms with Crippen molar-refractivity contribution in [1.82, 2.24) is 9.88 Å². The third-order valence-corrected chi connectivity index (χ3v) is 6.29. The molecule has 2 heterocycles. The molecule has 0 bridgehead atoms. The van der Waals surface area contributed by atoms with Crippen molar-refractivity contribution in [2.75, 3.05) is 42.3 Å². The van der Waals surface area contributed by atoms with E-state index in [2.05, 4.69) is 15.6 Å². The topological polar surface area (TPSA) is 83.6 Å². The Morgan fingerprint density at radius 1 is 1.03 bits per heavy atom. The van der Waals surface area contributed by atoms with Gasteiger partial charge in [0.05, 0.1) is 24.8 Å². The Kier molecular flexibility index (Phi) is 7.47. The summed E-state index contributed by atoms with van der Waals surface area (Å²) in [5, 5.41) is 6.09. The van der Waals surface area contributed by atoms with Crippen LogP contribution in [0.15, 0.2) is 66.9 Å². The summed E-state index contributed by atoms with van der Waals surface area (Å²) in [6.07, 6.45) is 2.00. The number of hydrogen-bond donors (Lipinski definition) is 2. The summed E-state index contributed by atoms with van der Waals surface area (Å²) in [6.45, 7) is 1.63. The average Bonchev–Trinajstić information content (AvgIpc) is 2.86. The van der Waals surface area contributed by atoms with Crippen LogP contribution in [0.1, 0.15) is 15.9 Å². The Morgan fingerprint density at radius 3 is 2.55 bits per heavy atom. The van der Waals surface area contributed by atoms with Gasteiger partial charge in [0.25, 0.3) is 5.91 Å². The highest BCUT2D eigenvalue weighted by atomic mass is 32.2.